The molecule has 0 unspecified atom stereocenters. The molecule has 0 saturated carbocycles. The van der Waals surface area contributed by atoms with E-state index in [2.05, 4.69) is 25.6 Å². The molecule has 1 aromatic heterocycles. The highest BCUT2D eigenvalue weighted by molar-refractivity contribution is 9.10. The van der Waals surface area contributed by atoms with Crippen LogP contribution in [0.25, 0.3) is 0 Å². The highest BCUT2D eigenvalue weighted by Gasteiger charge is 2.16. The van der Waals surface area contributed by atoms with E-state index < -0.39 is 21.7 Å². The number of carbonyl (C=O) groups is 1. The van der Waals surface area contributed by atoms with Crippen LogP contribution >= 0.6 is 15.9 Å². The highest BCUT2D eigenvalue weighted by atomic mass is 79.9. The van der Waals surface area contributed by atoms with E-state index in [-0.39, 0.29) is 5.82 Å². The van der Waals surface area contributed by atoms with Crippen molar-refractivity contribution >= 4 is 37.7 Å². The maximum atomic E-state index is 11.3. The number of rotatable bonds is 4. The molecule has 0 aliphatic heterocycles. The lowest BCUT2D eigenvalue weighted by Crippen LogP contribution is -2.22. The van der Waals surface area contributed by atoms with Crippen LogP contribution in [0, 0.1) is 6.92 Å². The molecule has 16 heavy (non-hydrogen) atoms. The van der Waals surface area contributed by atoms with Crippen LogP contribution in [0.15, 0.2) is 16.6 Å². The van der Waals surface area contributed by atoms with E-state index in [1.54, 1.807) is 13.0 Å². The Balaban J connectivity index is 2.88. The van der Waals surface area contributed by atoms with Crippen molar-refractivity contribution in [1.29, 1.82) is 0 Å². The van der Waals surface area contributed by atoms with Gasteiger partial charge in [-0.25, -0.2) is 13.4 Å². The zero-order chi connectivity index (χ0) is 12.3. The molecule has 1 rings (SSSR count). The van der Waals surface area contributed by atoms with Gasteiger partial charge in [-0.1, -0.05) is 0 Å². The highest BCUT2D eigenvalue weighted by Crippen LogP contribution is 2.16. The van der Waals surface area contributed by atoms with E-state index in [9.17, 15) is 13.2 Å². The van der Waals surface area contributed by atoms with Crippen molar-refractivity contribution in [2.45, 2.75) is 6.92 Å². The van der Waals surface area contributed by atoms with Gasteiger partial charge in [0, 0.05) is 4.47 Å². The number of aromatic nitrogens is 1. The average molecular weight is 309 g/mol. The lowest BCUT2D eigenvalue weighted by Gasteiger charge is -2.06. The number of aryl methyl sites for hydroxylation is 1. The smallest absolute Gasteiger partial charge is 0.320 e. The van der Waals surface area contributed by atoms with Gasteiger partial charge in [-0.05, 0) is 35.0 Å². The summed E-state index contributed by atoms with van der Waals surface area (Å²) in [6.45, 7) is 1.69. The van der Waals surface area contributed by atoms with Gasteiger partial charge in [0.25, 0.3) is 0 Å². The van der Waals surface area contributed by atoms with Crippen LogP contribution < -0.4 is 4.72 Å². The summed E-state index contributed by atoms with van der Waals surface area (Å²) in [5.74, 6) is -2.30. The molecular weight excluding hydrogens is 300 g/mol. The molecule has 0 aliphatic carbocycles. The van der Waals surface area contributed by atoms with Crippen molar-refractivity contribution in [2.75, 3.05) is 10.5 Å². The molecule has 0 bridgehead atoms. The summed E-state index contributed by atoms with van der Waals surface area (Å²) < 4.78 is 25.3. The first-order valence-corrected chi connectivity index (χ1v) is 6.60. The van der Waals surface area contributed by atoms with E-state index >= 15 is 0 Å². The standard InChI is InChI=1S/C8H9BrN2O4S/c1-5-6(9)2-3-7(10-5)11-16(14,15)4-8(12)13/h2-3H,4H2,1H3,(H,10,11)(H,12,13). The first-order chi connectivity index (χ1) is 7.30. The maximum absolute atomic E-state index is 11.3. The minimum atomic E-state index is -3.89. The molecule has 1 heterocycles. The number of aliphatic carboxylic acids is 1. The van der Waals surface area contributed by atoms with Crippen molar-refractivity contribution in [3.63, 3.8) is 0 Å². The molecule has 0 spiro atoms. The van der Waals surface area contributed by atoms with Crippen molar-refractivity contribution in [3.05, 3.63) is 22.3 Å². The molecule has 2 N–H and O–H groups in total. The number of carboxylic acids is 1. The Morgan fingerprint density at radius 2 is 2.19 bits per heavy atom. The SMILES string of the molecule is Cc1nc(NS(=O)(=O)CC(=O)O)ccc1Br. The number of sulfonamides is 1. The van der Waals surface area contributed by atoms with Gasteiger partial charge in [0.1, 0.15) is 5.82 Å². The zero-order valence-corrected chi connectivity index (χ0v) is 10.7. The first kappa shape index (κ1) is 12.9. The molecule has 0 radical (unpaired) electrons. The summed E-state index contributed by atoms with van der Waals surface area (Å²) in [7, 11) is -3.89. The quantitative estimate of drug-likeness (QED) is 0.864. The number of anilines is 1. The minimum Gasteiger partial charge on any atom is -0.480 e. The Labute approximate surface area is 101 Å². The monoisotopic (exact) mass is 308 g/mol. The van der Waals surface area contributed by atoms with E-state index in [4.69, 9.17) is 5.11 Å². The van der Waals surface area contributed by atoms with Crippen LogP contribution in [0.3, 0.4) is 0 Å². The lowest BCUT2D eigenvalue weighted by molar-refractivity contribution is -0.134. The number of pyridine rings is 1. The summed E-state index contributed by atoms with van der Waals surface area (Å²) in [6, 6.07) is 3.07. The molecule has 88 valence electrons. The predicted molar refractivity (Wildman–Crippen MR) is 61.7 cm³/mol. The van der Waals surface area contributed by atoms with Crippen LogP contribution in [0.4, 0.5) is 5.82 Å². The normalized spacial score (nSPS) is 11.1. The van der Waals surface area contributed by atoms with Crippen LogP contribution in [-0.2, 0) is 14.8 Å². The van der Waals surface area contributed by atoms with Gasteiger partial charge in [-0.15, -0.1) is 0 Å². The Hall–Kier alpha value is -1.15. The second-order valence-corrected chi connectivity index (χ2v) is 5.60. The molecule has 6 nitrogen and oxygen atoms in total. The van der Waals surface area contributed by atoms with Gasteiger partial charge in [0.2, 0.25) is 10.0 Å². The summed E-state index contributed by atoms with van der Waals surface area (Å²) in [5, 5.41) is 8.38. The van der Waals surface area contributed by atoms with Crippen molar-refractivity contribution in [2.24, 2.45) is 0 Å². The van der Waals surface area contributed by atoms with Crippen molar-refractivity contribution in [1.82, 2.24) is 4.98 Å². The zero-order valence-electron chi connectivity index (χ0n) is 8.27. The van der Waals surface area contributed by atoms with Crippen LogP contribution in [0.5, 0.6) is 0 Å². The predicted octanol–water partition coefficient (Wildman–Crippen LogP) is 0.979. The summed E-state index contributed by atoms with van der Waals surface area (Å²) in [4.78, 5) is 14.2. The van der Waals surface area contributed by atoms with E-state index in [1.165, 1.54) is 6.07 Å². The minimum absolute atomic E-state index is 0.0990. The third-order valence-electron chi connectivity index (χ3n) is 1.59. The van der Waals surface area contributed by atoms with Crippen LogP contribution in [0.2, 0.25) is 0 Å². The van der Waals surface area contributed by atoms with Crippen LogP contribution in [-0.4, -0.2) is 30.2 Å². The fraction of sp³-hybridized carbons (Fsp3) is 0.250. The van der Waals surface area contributed by atoms with Gasteiger partial charge in [0.15, 0.2) is 5.75 Å². The number of nitrogens with zero attached hydrogens (tertiary/aromatic N) is 1. The van der Waals surface area contributed by atoms with Crippen LogP contribution in [0.1, 0.15) is 5.69 Å². The molecule has 0 saturated heterocycles. The number of halogens is 1. The molecule has 0 amide bonds. The van der Waals surface area contributed by atoms with Crippen molar-refractivity contribution in [3.8, 4) is 0 Å². The number of nitrogens with one attached hydrogen (secondary N) is 1. The molecular formula is C8H9BrN2O4S. The third kappa shape index (κ3) is 3.78. The topological polar surface area (TPSA) is 96.4 Å². The van der Waals surface area contributed by atoms with E-state index in [1.807, 2.05) is 0 Å². The second-order valence-electron chi connectivity index (χ2n) is 3.02. The summed E-state index contributed by atoms with van der Waals surface area (Å²) in [5.41, 5.74) is 0.607. The third-order valence-corrected chi connectivity index (χ3v) is 3.58. The van der Waals surface area contributed by atoms with Gasteiger partial charge < -0.3 is 5.11 Å². The fourth-order valence-corrected chi connectivity index (χ4v) is 2.01. The maximum Gasteiger partial charge on any atom is 0.320 e. The molecule has 8 heteroatoms. The summed E-state index contributed by atoms with van der Waals surface area (Å²) in [6.07, 6.45) is 0. The summed E-state index contributed by atoms with van der Waals surface area (Å²) >= 11 is 3.22. The average Bonchev–Trinajstić information content (AvgIpc) is 2.08. The van der Waals surface area contributed by atoms with Gasteiger partial charge >= 0.3 is 5.97 Å². The molecule has 0 fully saturated rings. The second kappa shape index (κ2) is 4.79. The largest absolute Gasteiger partial charge is 0.480 e. The lowest BCUT2D eigenvalue weighted by atomic mass is 10.4. The van der Waals surface area contributed by atoms with Gasteiger partial charge in [0.05, 0.1) is 5.69 Å². The first-order valence-electron chi connectivity index (χ1n) is 4.15. The van der Waals surface area contributed by atoms with Crippen molar-refractivity contribution < 1.29 is 18.3 Å². The van der Waals surface area contributed by atoms with E-state index in [0.717, 1.165) is 4.47 Å². The van der Waals surface area contributed by atoms with Gasteiger partial charge in [-0.2, -0.15) is 0 Å². The molecule has 0 aromatic carbocycles. The molecule has 1 aromatic rings. The Kier molecular flexibility index (Phi) is 3.87. The Morgan fingerprint density at radius 1 is 1.56 bits per heavy atom. The number of carboxylic acid groups (broad SMARTS) is 1. The number of hydrogen-bond donors (Lipinski definition) is 2. The molecule has 0 aliphatic rings. The van der Waals surface area contributed by atoms with E-state index in [0.29, 0.717) is 5.69 Å². The van der Waals surface area contributed by atoms with Gasteiger partial charge in [-0.3, -0.25) is 9.52 Å². The molecule has 0 atom stereocenters. The Bertz CT molecular complexity index is 515. The fourth-order valence-electron chi connectivity index (χ4n) is 0.959. The number of hydrogen-bond acceptors (Lipinski definition) is 4. The Morgan fingerprint density at radius 3 is 2.69 bits per heavy atom.